The molecule has 1 aromatic rings. The normalized spacial score (nSPS) is 10.6. The predicted molar refractivity (Wildman–Crippen MR) is 53.5 cm³/mol. The fourth-order valence-electron chi connectivity index (χ4n) is 0.762. The second kappa shape index (κ2) is 4.36. The lowest BCUT2D eigenvalue weighted by molar-refractivity contribution is 0.149. The van der Waals surface area contributed by atoms with E-state index in [1.54, 1.807) is 22.6 Å². The van der Waals surface area contributed by atoms with Crippen molar-refractivity contribution in [2.75, 3.05) is 7.11 Å². The molecule has 0 radical (unpaired) electrons. The molecule has 72 valence electrons. The summed E-state index contributed by atoms with van der Waals surface area (Å²) in [5.74, 6) is 0.164. The fraction of sp³-hybridized carbons (Fsp3) is 0.286. The summed E-state index contributed by atoms with van der Waals surface area (Å²) in [6.07, 6.45) is -2.56. The van der Waals surface area contributed by atoms with Crippen molar-refractivity contribution in [1.82, 2.24) is 4.98 Å². The van der Waals surface area contributed by atoms with E-state index in [9.17, 15) is 8.78 Å². The van der Waals surface area contributed by atoms with E-state index in [4.69, 9.17) is 16.3 Å². The van der Waals surface area contributed by atoms with Crippen LogP contribution >= 0.6 is 34.2 Å². The van der Waals surface area contributed by atoms with Crippen LogP contribution in [0, 0.1) is 3.70 Å². The molecule has 0 aliphatic carbocycles. The number of pyridine rings is 1. The van der Waals surface area contributed by atoms with Crippen LogP contribution in [0.3, 0.4) is 0 Å². The molecule has 0 aromatic carbocycles. The van der Waals surface area contributed by atoms with E-state index in [1.165, 1.54) is 13.2 Å². The van der Waals surface area contributed by atoms with Gasteiger partial charge in [-0.05, 0) is 28.7 Å². The lowest BCUT2D eigenvalue weighted by Gasteiger charge is -2.06. The van der Waals surface area contributed by atoms with Crippen molar-refractivity contribution < 1.29 is 13.5 Å². The Bertz CT molecular complexity index is 322. The maximum absolute atomic E-state index is 12.3. The van der Waals surface area contributed by atoms with Crippen LogP contribution in [-0.4, -0.2) is 12.1 Å². The Labute approximate surface area is 92.4 Å². The Hall–Kier alpha value is -0.170. The third-order valence-corrected chi connectivity index (χ3v) is 2.51. The second-order valence-corrected chi connectivity index (χ2v) is 3.54. The number of nitrogens with zero attached hydrogens (tertiary/aromatic N) is 1. The van der Waals surface area contributed by atoms with Crippen LogP contribution in [0.1, 0.15) is 12.0 Å². The largest absolute Gasteiger partial charge is 0.494 e. The summed E-state index contributed by atoms with van der Waals surface area (Å²) in [5.41, 5.74) is -0.165. The predicted octanol–water partition coefficient (Wildman–Crippen LogP) is 3.29. The molecule has 0 fully saturated rings. The summed E-state index contributed by atoms with van der Waals surface area (Å²) in [4.78, 5) is 3.71. The molecule has 1 aromatic heterocycles. The summed E-state index contributed by atoms with van der Waals surface area (Å²) < 4.78 is 29.6. The van der Waals surface area contributed by atoms with Crippen molar-refractivity contribution in [3.63, 3.8) is 0 Å². The van der Waals surface area contributed by atoms with E-state index in [0.29, 0.717) is 0 Å². The van der Waals surface area contributed by atoms with Crippen molar-refractivity contribution in [3.05, 3.63) is 20.5 Å². The zero-order valence-electron chi connectivity index (χ0n) is 6.52. The van der Waals surface area contributed by atoms with E-state index in [0.717, 1.165) is 0 Å². The Balaban J connectivity index is 3.22. The summed E-state index contributed by atoms with van der Waals surface area (Å²) in [7, 11) is 1.35. The Morgan fingerprint density at radius 2 is 2.23 bits per heavy atom. The molecule has 0 spiro atoms. The molecule has 1 heterocycles. The molecule has 0 saturated heterocycles. The third-order valence-electron chi connectivity index (χ3n) is 1.38. The smallest absolute Gasteiger partial charge is 0.266 e. The van der Waals surface area contributed by atoms with Crippen molar-refractivity contribution in [2.24, 2.45) is 0 Å². The van der Waals surface area contributed by atoms with Crippen molar-refractivity contribution in [3.8, 4) is 5.75 Å². The molecule has 0 atom stereocenters. The van der Waals surface area contributed by atoms with Gasteiger partial charge in [-0.15, -0.1) is 0 Å². The average Bonchev–Trinajstić information content (AvgIpc) is 2.03. The van der Waals surface area contributed by atoms with Crippen LogP contribution in [-0.2, 0) is 0 Å². The standard InChI is InChI=1S/C7H5ClF2INO/c1-13-4-2-3(6(9)10)7(11)12-5(4)8/h2,6H,1H3. The minimum Gasteiger partial charge on any atom is -0.494 e. The quantitative estimate of drug-likeness (QED) is 0.616. The molecule has 0 amide bonds. The number of alkyl halides is 2. The first-order valence-electron chi connectivity index (χ1n) is 3.24. The van der Waals surface area contributed by atoms with Gasteiger partial charge in [0.05, 0.1) is 12.7 Å². The van der Waals surface area contributed by atoms with Gasteiger partial charge in [0, 0.05) is 0 Å². The molecule has 2 nitrogen and oxygen atoms in total. The number of ether oxygens (including phenoxy) is 1. The molecule has 0 bridgehead atoms. The minimum atomic E-state index is -2.56. The van der Waals surface area contributed by atoms with Crippen molar-refractivity contribution in [1.29, 1.82) is 0 Å². The first-order chi connectivity index (χ1) is 6.06. The highest BCUT2D eigenvalue weighted by Crippen LogP contribution is 2.31. The van der Waals surface area contributed by atoms with Crippen molar-refractivity contribution in [2.45, 2.75) is 6.43 Å². The number of halogens is 4. The average molecular weight is 319 g/mol. The number of rotatable bonds is 2. The molecule has 13 heavy (non-hydrogen) atoms. The highest BCUT2D eigenvalue weighted by atomic mass is 127. The number of aromatic nitrogens is 1. The van der Waals surface area contributed by atoms with Gasteiger partial charge in [-0.1, -0.05) is 11.6 Å². The molecule has 0 unspecified atom stereocenters. The molecule has 6 heteroatoms. The zero-order valence-corrected chi connectivity index (χ0v) is 9.44. The fourth-order valence-corrected chi connectivity index (χ4v) is 1.75. The van der Waals surface area contributed by atoms with Gasteiger partial charge >= 0.3 is 0 Å². The van der Waals surface area contributed by atoms with E-state index < -0.39 is 6.43 Å². The molecule has 0 saturated carbocycles. The SMILES string of the molecule is COc1cc(C(F)F)c(I)nc1Cl. The van der Waals surface area contributed by atoms with Gasteiger partial charge in [-0.2, -0.15) is 0 Å². The molecule has 0 aliphatic rings. The van der Waals surface area contributed by atoms with E-state index in [1.807, 2.05) is 0 Å². The summed E-state index contributed by atoms with van der Waals surface area (Å²) in [5, 5.41) is 0.0938. The van der Waals surface area contributed by atoms with Crippen LogP contribution in [0.15, 0.2) is 6.07 Å². The zero-order chi connectivity index (χ0) is 10.0. The Morgan fingerprint density at radius 1 is 1.62 bits per heavy atom. The maximum atomic E-state index is 12.3. The van der Waals surface area contributed by atoms with E-state index >= 15 is 0 Å². The first-order valence-corrected chi connectivity index (χ1v) is 4.70. The molecule has 1 rings (SSSR count). The number of hydrogen-bond acceptors (Lipinski definition) is 2. The highest BCUT2D eigenvalue weighted by Gasteiger charge is 2.16. The minimum absolute atomic E-state index is 0.0938. The van der Waals surface area contributed by atoms with E-state index in [-0.39, 0.29) is 20.2 Å². The van der Waals surface area contributed by atoms with Crippen LogP contribution in [0.4, 0.5) is 8.78 Å². The molecular formula is C7H5ClF2INO. The third kappa shape index (κ3) is 2.40. The lowest BCUT2D eigenvalue weighted by atomic mass is 10.3. The van der Waals surface area contributed by atoms with Gasteiger partial charge < -0.3 is 4.74 Å². The monoisotopic (exact) mass is 319 g/mol. The summed E-state index contributed by atoms with van der Waals surface area (Å²) in [6.45, 7) is 0. The van der Waals surface area contributed by atoms with Crippen LogP contribution < -0.4 is 4.74 Å². The highest BCUT2D eigenvalue weighted by molar-refractivity contribution is 14.1. The Kier molecular flexibility index (Phi) is 3.66. The summed E-state index contributed by atoms with van der Waals surface area (Å²) >= 11 is 7.32. The van der Waals surface area contributed by atoms with Crippen LogP contribution in [0.25, 0.3) is 0 Å². The van der Waals surface area contributed by atoms with Gasteiger partial charge in [-0.3, -0.25) is 0 Å². The summed E-state index contributed by atoms with van der Waals surface area (Å²) in [6, 6.07) is 1.20. The molecule has 0 N–H and O–H groups in total. The van der Waals surface area contributed by atoms with Crippen molar-refractivity contribution >= 4 is 34.2 Å². The molecular weight excluding hydrogens is 314 g/mol. The lowest BCUT2D eigenvalue weighted by Crippen LogP contribution is -1.96. The van der Waals surface area contributed by atoms with Crippen LogP contribution in [0.5, 0.6) is 5.75 Å². The van der Waals surface area contributed by atoms with Gasteiger partial charge in [0.25, 0.3) is 6.43 Å². The van der Waals surface area contributed by atoms with Gasteiger partial charge in [0.1, 0.15) is 3.70 Å². The van der Waals surface area contributed by atoms with Crippen LogP contribution in [0.2, 0.25) is 5.15 Å². The first kappa shape index (κ1) is 10.9. The topological polar surface area (TPSA) is 22.1 Å². The van der Waals surface area contributed by atoms with Gasteiger partial charge in [0.2, 0.25) is 0 Å². The van der Waals surface area contributed by atoms with E-state index in [2.05, 4.69) is 4.98 Å². The second-order valence-electron chi connectivity index (χ2n) is 2.16. The number of hydrogen-bond donors (Lipinski definition) is 0. The molecule has 0 aliphatic heterocycles. The van der Waals surface area contributed by atoms with Gasteiger partial charge in [0.15, 0.2) is 10.9 Å². The maximum Gasteiger partial charge on any atom is 0.266 e. The Morgan fingerprint density at radius 3 is 2.69 bits per heavy atom. The van der Waals surface area contributed by atoms with Gasteiger partial charge in [-0.25, -0.2) is 13.8 Å². The number of methoxy groups -OCH3 is 1.